The van der Waals surface area contributed by atoms with Crippen LogP contribution in [-0.4, -0.2) is 29.8 Å². The predicted octanol–water partition coefficient (Wildman–Crippen LogP) is 4.93. The lowest BCUT2D eigenvalue weighted by molar-refractivity contribution is -0.132. The number of methoxy groups -OCH3 is 1. The molecule has 1 saturated heterocycles. The number of aliphatic hydroxyl groups is 1. The molecular weight excluding hydrogens is 456 g/mol. The molecule has 172 valence electrons. The zero-order chi connectivity index (χ0) is 24.4. The van der Waals surface area contributed by atoms with Gasteiger partial charge in [-0.2, -0.15) is 0 Å². The molecule has 0 radical (unpaired) electrons. The van der Waals surface area contributed by atoms with Crippen LogP contribution >= 0.6 is 11.6 Å². The Hall–Kier alpha value is -4.10. The summed E-state index contributed by atoms with van der Waals surface area (Å²) in [6.07, 6.45) is 0. The van der Waals surface area contributed by atoms with Gasteiger partial charge in [-0.1, -0.05) is 23.7 Å². The molecule has 3 aromatic rings. The normalized spacial score (nSPS) is 17.0. The van der Waals surface area contributed by atoms with Gasteiger partial charge in [-0.25, -0.2) is 0 Å². The van der Waals surface area contributed by atoms with Gasteiger partial charge in [0.1, 0.15) is 11.5 Å². The van der Waals surface area contributed by atoms with Crippen molar-refractivity contribution in [3.8, 4) is 5.75 Å². The van der Waals surface area contributed by atoms with Crippen molar-refractivity contribution in [2.75, 3.05) is 17.3 Å². The molecule has 1 aliphatic heterocycles. The fourth-order valence-corrected chi connectivity index (χ4v) is 4.00. The summed E-state index contributed by atoms with van der Waals surface area (Å²) >= 11 is 5.96. The summed E-state index contributed by atoms with van der Waals surface area (Å²) in [6, 6.07) is 18.9. The first-order valence-corrected chi connectivity index (χ1v) is 10.8. The largest absolute Gasteiger partial charge is 0.507 e. The third-order valence-electron chi connectivity index (χ3n) is 5.46. The van der Waals surface area contributed by atoms with Gasteiger partial charge in [0.2, 0.25) is 5.91 Å². The molecule has 8 heteroatoms. The number of aliphatic hydroxyl groups excluding tert-OH is 1. The zero-order valence-corrected chi connectivity index (χ0v) is 19.2. The van der Waals surface area contributed by atoms with Crippen LogP contribution in [0.15, 0.2) is 78.4 Å². The number of nitrogens with zero attached hydrogens (tertiary/aromatic N) is 1. The molecule has 0 bridgehead atoms. The van der Waals surface area contributed by atoms with E-state index in [4.69, 9.17) is 16.3 Å². The molecule has 2 N–H and O–H groups in total. The Labute approximate surface area is 201 Å². The van der Waals surface area contributed by atoms with E-state index in [-0.39, 0.29) is 17.2 Å². The Morgan fingerprint density at radius 2 is 1.59 bits per heavy atom. The number of nitrogens with one attached hydrogen (secondary N) is 1. The second kappa shape index (κ2) is 9.41. The first-order chi connectivity index (χ1) is 16.3. The molecule has 2 amide bonds. The van der Waals surface area contributed by atoms with Gasteiger partial charge in [-0.05, 0) is 66.2 Å². The summed E-state index contributed by atoms with van der Waals surface area (Å²) in [7, 11) is 1.54. The lowest BCUT2D eigenvalue weighted by atomic mass is 9.95. The minimum absolute atomic E-state index is 0.0385. The van der Waals surface area contributed by atoms with Gasteiger partial charge in [-0.3, -0.25) is 19.3 Å². The Bertz CT molecular complexity index is 1280. The van der Waals surface area contributed by atoms with Crippen LogP contribution in [0.2, 0.25) is 5.02 Å². The molecule has 1 fully saturated rings. The number of anilines is 2. The minimum atomic E-state index is -0.881. The molecule has 1 atom stereocenters. The highest BCUT2D eigenvalue weighted by Crippen LogP contribution is 2.42. The van der Waals surface area contributed by atoms with E-state index in [9.17, 15) is 19.5 Å². The molecular formula is C26H21ClN2O5. The van der Waals surface area contributed by atoms with Crippen molar-refractivity contribution in [3.05, 3.63) is 94.5 Å². The number of amides is 2. The fourth-order valence-electron chi connectivity index (χ4n) is 3.87. The van der Waals surface area contributed by atoms with Crippen molar-refractivity contribution in [3.63, 3.8) is 0 Å². The van der Waals surface area contributed by atoms with Crippen LogP contribution in [0, 0.1) is 0 Å². The summed E-state index contributed by atoms with van der Waals surface area (Å²) in [5, 5.41) is 14.2. The first-order valence-electron chi connectivity index (χ1n) is 10.4. The molecule has 3 aromatic carbocycles. The standard InChI is InChI=1S/C26H21ClN2O5/c1-15(30)28-19-9-11-20(12-10-19)29-23(16-5-13-21(34-2)14-6-16)22(25(32)26(29)33)24(31)17-3-7-18(27)8-4-17/h3-14,23,31H,1-2H3,(H,28,30)/b24-22-. The highest BCUT2D eigenvalue weighted by atomic mass is 35.5. The van der Waals surface area contributed by atoms with E-state index in [1.807, 2.05) is 0 Å². The van der Waals surface area contributed by atoms with E-state index in [1.165, 1.54) is 18.9 Å². The Morgan fingerprint density at radius 1 is 0.971 bits per heavy atom. The summed E-state index contributed by atoms with van der Waals surface area (Å²) in [4.78, 5) is 39.0. The molecule has 1 heterocycles. The maximum Gasteiger partial charge on any atom is 0.300 e. The van der Waals surface area contributed by atoms with Crippen LogP contribution in [-0.2, 0) is 14.4 Å². The van der Waals surface area contributed by atoms with Gasteiger partial charge in [0.05, 0.1) is 18.7 Å². The number of hydrogen-bond donors (Lipinski definition) is 2. The maximum absolute atomic E-state index is 13.2. The lowest BCUT2D eigenvalue weighted by Crippen LogP contribution is -2.29. The molecule has 0 saturated carbocycles. The predicted molar refractivity (Wildman–Crippen MR) is 130 cm³/mol. The van der Waals surface area contributed by atoms with Crippen molar-refractivity contribution in [1.29, 1.82) is 0 Å². The first kappa shape index (κ1) is 23.1. The second-order valence-corrected chi connectivity index (χ2v) is 8.11. The van der Waals surface area contributed by atoms with E-state index >= 15 is 0 Å². The van der Waals surface area contributed by atoms with E-state index in [0.717, 1.165) is 0 Å². The van der Waals surface area contributed by atoms with Gasteiger partial charge in [0, 0.05) is 28.9 Å². The van der Waals surface area contributed by atoms with E-state index in [0.29, 0.717) is 33.3 Å². The average Bonchev–Trinajstić information content (AvgIpc) is 3.10. The van der Waals surface area contributed by atoms with Gasteiger partial charge in [0.25, 0.3) is 11.7 Å². The number of carbonyl (C=O) groups excluding carboxylic acids is 3. The van der Waals surface area contributed by atoms with Crippen LogP contribution in [0.3, 0.4) is 0 Å². The monoisotopic (exact) mass is 476 g/mol. The van der Waals surface area contributed by atoms with Gasteiger partial charge in [-0.15, -0.1) is 0 Å². The molecule has 1 unspecified atom stereocenters. The molecule has 34 heavy (non-hydrogen) atoms. The van der Waals surface area contributed by atoms with Crippen molar-refractivity contribution >= 4 is 46.3 Å². The Morgan fingerprint density at radius 3 is 2.15 bits per heavy atom. The number of hydrogen-bond acceptors (Lipinski definition) is 5. The molecule has 1 aliphatic rings. The second-order valence-electron chi connectivity index (χ2n) is 7.68. The van der Waals surface area contributed by atoms with Gasteiger partial charge >= 0.3 is 0 Å². The SMILES string of the molecule is COc1ccc(C2/C(=C(/O)c3ccc(Cl)cc3)C(=O)C(=O)N2c2ccc(NC(C)=O)cc2)cc1. The third-order valence-corrected chi connectivity index (χ3v) is 5.71. The smallest absolute Gasteiger partial charge is 0.300 e. The number of halogens is 1. The molecule has 0 aromatic heterocycles. The fraction of sp³-hybridized carbons (Fsp3) is 0.115. The number of rotatable bonds is 5. The number of benzene rings is 3. The third kappa shape index (κ3) is 4.38. The molecule has 4 rings (SSSR count). The van der Waals surface area contributed by atoms with Crippen molar-refractivity contribution in [1.82, 2.24) is 0 Å². The number of carbonyl (C=O) groups is 3. The van der Waals surface area contributed by atoms with Crippen LogP contribution in [0.25, 0.3) is 5.76 Å². The summed E-state index contributed by atoms with van der Waals surface area (Å²) in [6.45, 7) is 1.40. The highest BCUT2D eigenvalue weighted by molar-refractivity contribution is 6.51. The molecule has 0 aliphatic carbocycles. The molecule has 7 nitrogen and oxygen atoms in total. The van der Waals surface area contributed by atoms with Crippen molar-refractivity contribution in [2.24, 2.45) is 0 Å². The van der Waals surface area contributed by atoms with Crippen molar-refractivity contribution in [2.45, 2.75) is 13.0 Å². The zero-order valence-electron chi connectivity index (χ0n) is 18.4. The van der Waals surface area contributed by atoms with E-state index in [2.05, 4.69) is 5.32 Å². The number of Topliss-reactive ketones (excluding diaryl/α,β-unsaturated/α-hetero) is 1. The number of ether oxygens (including phenoxy) is 1. The highest BCUT2D eigenvalue weighted by Gasteiger charge is 2.47. The van der Waals surface area contributed by atoms with Crippen molar-refractivity contribution < 1.29 is 24.2 Å². The topological polar surface area (TPSA) is 95.9 Å². The van der Waals surface area contributed by atoms with E-state index < -0.39 is 17.7 Å². The van der Waals surface area contributed by atoms with Crippen LogP contribution in [0.4, 0.5) is 11.4 Å². The quantitative estimate of drug-likeness (QED) is 0.309. The van der Waals surface area contributed by atoms with Crippen LogP contribution in [0.1, 0.15) is 24.1 Å². The van der Waals surface area contributed by atoms with Crippen LogP contribution in [0.5, 0.6) is 5.75 Å². The minimum Gasteiger partial charge on any atom is -0.507 e. The Balaban J connectivity index is 1.86. The molecule has 0 spiro atoms. The van der Waals surface area contributed by atoms with Gasteiger partial charge in [0.15, 0.2) is 0 Å². The summed E-state index contributed by atoms with van der Waals surface area (Å²) in [5.41, 5.74) is 1.92. The summed E-state index contributed by atoms with van der Waals surface area (Å²) < 4.78 is 5.23. The van der Waals surface area contributed by atoms with Crippen LogP contribution < -0.4 is 15.0 Å². The summed E-state index contributed by atoms with van der Waals surface area (Å²) in [5.74, 6) is -1.50. The average molecular weight is 477 g/mol. The van der Waals surface area contributed by atoms with Gasteiger partial charge < -0.3 is 15.2 Å². The number of ketones is 1. The van der Waals surface area contributed by atoms with E-state index in [1.54, 1.807) is 72.8 Å². The Kier molecular flexibility index (Phi) is 6.38. The maximum atomic E-state index is 13.2. The lowest BCUT2D eigenvalue weighted by Gasteiger charge is -2.25.